The Labute approximate surface area is 134 Å². The highest BCUT2D eigenvalue weighted by atomic mass is 79.9. The average molecular weight is 346 g/mol. The predicted molar refractivity (Wildman–Crippen MR) is 89.9 cm³/mol. The number of hydrogen-bond donors (Lipinski definition) is 1. The minimum Gasteiger partial charge on any atom is -0.492 e. The fraction of sp³-hybridized carbons (Fsp3) is 0.333. The van der Waals surface area contributed by atoms with E-state index in [0.29, 0.717) is 0 Å². The second-order valence-corrected chi connectivity index (χ2v) is 7.32. The van der Waals surface area contributed by atoms with Crippen LogP contribution >= 0.6 is 15.9 Å². The molecule has 2 aromatic carbocycles. The summed E-state index contributed by atoms with van der Waals surface area (Å²) in [7, 11) is 0. The molecule has 0 saturated carbocycles. The first kappa shape index (κ1) is 14.6. The third kappa shape index (κ3) is 2.60. The number of aryl methyl sites for hydroxylation is 1. The number of ether oxygens (including phenoxy) is 1. The molecule has 0 saturated heterocycles. The molecule has 0 aromatic heterocycles. The molecule has 2 nitrogen and oxygen atoms in total. The summed E-state index contributed by atoms with van der Waals surface area (Å²) in [5, 5.41) is 0. The first-order chi connectivity index (χ1) is 9.88. The van der Waals surface area contributed by atoms with Gasteiger partial charge in [0.05, 0.1) is 12.6 Å². The van der Waals surface area contributed by atoms with Crippen LogP contribution in [0.5, 0.6) is 5.75 Å². The number of hydrogen-bond acceptors (Lipinski definition) is 2. The standard InChI is InChI=1S/C18H20BrNO/c1-11-4-6-13(19)9-14(11)17(20)12-5-7-16-15(8-12)18(2,3)10-21-16/h4-9,17H,10,20H2,1-3H3. The van der Waals surface area contributed by atoms with Gasteiger partial charge in [0.1, 0.15) is 5.75 Å². The van der Waals surface area contributed by atoms with Crippen LogP contribution in [0.25, 0.3) is 0 Å². The van der Waals surface area contributed by atoms with Gasteiger partial charge in [0, 0.05) is 15.5 Å². The Morgan fingerprint density at radius 2 is 1.95 bits per heavy atom. The maximum Gasteiger partial charge on any atom is 0.123 e. The van der Waals surface area contributed by atoms with Crippen molar-refractivity contribution in [3.63, 3.8) is 0 Å². The Bertz CT molecular complexity index is 694. The molecule has 1 heterocycles. The van der Waals surface area contributed by atoms with Crippen LogP contribution in [0.1, 0.15) is 42.1 Å². The highest BCUT2D eigenvalue weighted by Crippen LogP contribution is 2.40. The zero-order valence-corrected chi connectivity index (χ0v) is 14.2. The lowest BCUT2D eigenvalue weighted by atomic mass is 9.84. The van der Waals surface area contributed by atoms with E-state index in [1.807, 2.05) is 12.1 Å². The van der Waals surface area contributed by atoms with E-state index in [4.69, 9.17) is 10.5 Å². The van der Waals surface area contributed by atoms with Crippen LogP contribution < -0.4 is 10.5 Å². The van der Waals surface area contributed by atoms with E-state index in [-0.39, 0.29) is 11.5 Å². The SMILES string of the molecule is Cc1ccc(Br)cc1C(N)c1ccc2c(c1)C(C)(C)CO2. The molecule has 0 aliphatic carbocycles. The fourth-order valence-corrected chi connectivity index (χ4v) is 3.24. The summed E-state index contributed by atoms with van der Waals surface area (Å²) in [6.45, 7) is 7.25. The van der Waals surface area contributed by atoms with Gasteiger partial charge >= 0.3 is 0 Å². The first-order valence-corrected chi connectivity index (χ1v) is 7.97. The van der Waals surface area contributed by atoms with Gasteiger partial charge in [0.25, 0.3) is 0 Å². The molecule has 1 aliphatic rings. The molecule has 2 N–H and O–H groups in total. The molecule has 0 radical (unpaired) electrons. The van der Waals surface area contributed by atoms with E-state index in [1.54, 1.807) is 0 Å². The normalized spacial score (nSPS) is 17.2. The Morgan fingerprint density at radius 3 is 2.71 bits per heavy atom. The maximum atomic E-state index is 6.51. The van der Waals surface area contributed by atoms with Gasteiger partial charge in [-0.05, 0) is 47.9 Å². The van der Waals surface area contributed by atoms with Crippen molar-refractivity contribution in [1.29, 1.82) is 0 Å². The smallest absolute Gasteiger partial charge is 0.123 e. The Kier molecular flexibility index (Phi) is 3.58. The number of halogens is 1. The molecule has 1 aliphatic heterocycles. The van der Waals surface area contributed by atoms with E-state index in [9.17, 15) is 0 Å². The van der Waals surface area contributed by atoms with E-state index in [0.717, 1.165) is 28.0 Å². The van der Waals surface area contributed by atoms with Gasteiger partial charge < -0.3 is 10.5 Å². The highest BCUT2D eigenvalue weighted by Gasteiger charge is 2.32. The van der Waals surface area contributed by atoms with E-state index >= 15 is 0 Å². The molecule has 3 heteroatoms. The van der Waals surface area contributed by atoms with Gasteiger partial charge in [0.2, 0.25) is 0 Å². The number of benzene rings is 2. The van der Waals surface area contributed by atoms with E-state index < -0.39 is 0 Å². The summed E-state index contributed by atoms with van der Waals surface area (Å²) < 4.78 is 6.81. The number of fused-ring (bicyclic) bond motifs is 1. The maximum absolute atomic E-state index is 6.51. The van der Waals surface area contributed by atoms with Crippen LogP contribution in [-0.4, -0.2) is 6.61 Å². The molecular formula is C18H20BrNO. The molecule has 0 bridgehead atoms. The second kappa shape index (κ2) is 5.15. The zero-order valence-electron chi connectivity index (χ0n) is 12.6. The molecule has 0 amide bonds. The lowest BCUT2D eigenvalue weighted by Crippen LogP contribution is -2.19. The molecule has 21 heavy (non-hydrogen) atoms. The fourth-order valence-electron chi connectivity index (χ4n) is 2.86. The average Bonchev–Trinajstić information content (AvgIpc) is 2.76. The van der Waals surface area contributed by atoms with Crippen molar-refractivity contribution in [2.75, 3.05) is 6.61 Å². The Hall–Kier alpha value is -1.32. The quantitative estimate of drug-likeness (QED) is 0.870. The molecule has 3 rings (SSSR count). The summed E-state index contributed by atoms with van der Waals surface area (Å²) in [4.78, 5) is 0. The summed E-state index contributed by atoms with van der Waals surface area (Å²) in [5.41, 5.74) is 11.3. The molecule has 110 valence electrons. The molecule has 0 spiro atoms. The molecule has 2 aromatic rings. The minimum absolute atomic E-state index is 0.0530. The van der Waals surface area contributed by atoms with E-state index in [1.165, 1.54) is 11.1 Å². The van der Waals surface area contributed by atoms with Gasteiger partial charge in [-0.1, -0.05) is 41.9 Å². The van der Waals surface area contributed by atoms with Crippen LogP contribution in [0.4, 0.5) is 0 Å². The predicted octanol–water partition coefficient (Wildman–Crippen LogP) is 4.48. The van der Waals surface area contributed by atoms with Crippen molar-refractivity contribution in [3.8, 4) is 5.75 Å². The van der Waals surface area contributed by atoms with Crippen LogP contribution in [0.3, 0.4) is 0 Å². The lowest BCUT2D eigenvalue weighted by Gasteiger charge is -2.19. The van der Waals surface area contributed by atoms with Gasteiger partial charge in [-0.2, -0.15) is 0 Å². The Balaban J connectivity index is 2.03. The van der Waals surface area contributed by atoms with Crippen molar-refractivity contribution < 1.29 is 4.74 Å². The minimum atomic E-state index is -0.121. The topological polar surface area (TPSA) is 35.2 Å². The summed E-state index contributed by atoms with van der Waals surface area (Å²) in [6, 6.07) is 12.5. The van der Waals surface area contributed by atoms with Crippen LogP contribution in [0.2, 0.25) is 0 Å². The molecule has 1 atom stereocenters. The van der Waals surface area contributed by atoms with Crippen molar-refractivity contribution in [2.24, 2.45) is 5.73 Å². The summed E-state index contributed by atoms with van der Waals surface area (Å²) >= 11 is 3.53. The third-order valence-corrected chi connectivity index (χ3v) is 4.75. The molecule has 0 fully saturated rings. The molecular weight excluding hydrogens is 326 g/mol. The van der Waals surface area contributed by atoms with Gasteiger partial charge in [-0.3, -0.25) is 0 Å². The number of nitrogens with two attached hydrogens (primary N) is 1. The third-order valence-electron chi connectivity index (χ3n) is 4.26. The van der Waals surface area contributed by atoms with Gasteiger partial charge in [-0.15, -0.1) is 0 Å². The lowest BCUT2D eigenvalue weighted by molar-refractivity contribution is 0.291. The molecule has 1 unspecified atom stereocenters. The van der Waals surface area contributed by atoms with Crippen LogP contribution in [-0.2, 0) is 5.41 Å². The van der Waals surface area contributed by atoms with Gasteiger partial charge in [-0.25, -0.2) is 0 Å². The zero-order chi connectivity index (χ0) is 15.2. The van der Waals surface area contributed by atoms with Crippen LogP contribution in [0.15, 0.2) is 40.9 Å². The summed E-state index contributed by atoms with van der Waals surface area (Å²) in [5.74, 6) is 0.988. The van der Waals surface area contributed by atoms with Crippen molar-refractivity contribution in [3.05, 3.63) is 63.1 Å². The van der Waals surface area contributed by atoms with Crippen molar-refractivity contribution in [1.82, 2.24) is 0 Å². The first-order valence-electron chi connectivity index (χ1n) is 7.17. The largest absolute Gasteiger partial charge is 0.492 e. The second-order valence-electron chi connectivity index (χ2n) is 6.41. The van der Waals surface area contributed by atoms with E-state index in [2.05, 4.69) is 61.0 Å². The number of rotatable bonds is 2. The highest BCUT2D eigenvalue weighted by molar-refractivity contribution is 9.10. The summed E-state index contributed by atoms with van der Waals surface area (Å²) in [6.07, 6.45) is 0. The van der Waals surface area contributed by atoms with Gasteiger partial charge in [0.15, 0.2) is 0 Å². The van der Waals surface area contributed by atoms with Crippen LogP contribution in [0, 0.1) is 6.92 Å². The van der Waals surface area contributed by atoms with Crippen molar-refractivity contribution in [2.45, 2.75) is 32.2 Å². The monoisotopic (exact) mass is 345 g/mol. The Morgan fingerprint density at radius 1 is 1.19 bits per heavy atom. The van der Waals surface area contributed by atoms with Crippen molar-refractivity contribution >= 4 is 15.9 Å².